The van der Waals surface area contributed by atoms with E-state index in [2.05, 4.69) is 16.6 Å². The zero-order valence-corrected chi connectivity index (χ0v) is 12.9. The van der Waals surface area contributed by atoms with Gasteiger partial charge >= 0.3 is 0 Å². The van der Waals surface area contributed by atoms with Gasteiger partial charge in [-0.15, -0.1) is 0 Å². The number of unbranched alkanes of at least 4 members (excludes halogenated alkanes) is 2. The molecule has 1 rings (SSSR count). The van der Waals surface area contributed by atoms with Crippen LogP contribution in [0.1, 0.15) is 24.8 Å². The summed E-state index contributed by atoms with van der Waals surface area (Å²) in [6, 6.07) is 6.36. The SMILES string of the molecule is COCCCCCNS(=O)(=O)c1cccc(C#CCO)c1. The lowest BCUT2D eigenvalue weighted by atomic mass is 10.2. The molecule has 0 heterocycles. The summed E-state index contributed by atoms with van der Waals surface area (Å²) in [7, 11) is -1.86. The minimum absolute atomic E-state index is 0.184. The van der Waals surface area contributed by atoms with Crippen LogP contribution in [0.5, 0.6) is 0 Å². The van der Waals surface area contributed by atoms with Gasteiger partial charge in [0.25, 0.3) is 0 Å². The molecule has 0 aliphatic rings. The summed E-state index contributed by atoms with van der Waals surface area (Å²) < 4.78 is 31.7. The first-order chi connectivity index (χ1) is 10.1. The van der Waals surface area contributed by atoms with Crippen molar-refractivity contribution < 1.29 is 18.3 Å². The highest BCUT2D eigenvalue weighted by molar-refractivity contribution is 7.89. The van der Waals surface area contributed by atoms with Crippen LogP contribution < -0.4 is 4.72 Å². The minimum Gasteiger partial charge on any atom is -0.385 e. The molecule has 21 heavy (non-hydrogen) atoms. The third-order valence-electron chi connectivity index (χ3n) is 2.77. The Hall–Kier alpha value is -1.39. The van der Waals surface area contributed by atoms with Gasteiger partial charge in [0.2, 0.25) is 10.0 Å². The number of benzene rings is 1. The van der Waals surface area contributed by atoms with Crippen molar-refractivity contribution in [3.05, 3.63) is 29.8 Å². The number of nitrogens with one attached hydrogen (secondary N) is 1. The molecular weight excluding hydrogens is 290 g/mol. The van der Waals surface area contributed by atoms with Crippen LogP contribution in [0.15, 0.2) is 29.2 Å². The molecule has 6 heteroatoms. The van der Waals surface area contributed by atoms with Crippen molar-refractivity contribution >= 4 is 10.0 Å². The van der Waals surface area contributed by atoms with Gasteiger partial charge in [0.1, 0.15) is 6.61 Å². The topological polar surface area (TPSA) is 75.6 Å². The molecule has 0 fully saturated rings. The summed E-state index contributed by atoms with van der Waals surface area (Å²) in [5.74, 6) is 5.18. The Balaban J connectivity index is 2.57. The standard InChI is InChI=1S/C15H21NO4S/c1-20-12-4-2-3-10-16-21(18,19)15-9-5-7-14(13-15)8-6-11-17/h5,7,9,13,16-17H,2-4,10-12H2,1H3. The summed E-state index contributed by atoms with van der Waals surface area (Å²) in [4.78, 5) is 0.184. The monoisotopic (exact) mass is 311 g/mol. The molecule has 0 saturated carbocycles. The smallest absolute Gasteiger partial charge is 0.240 e. The fraction of sp³-hybridized carbons (Fsp3) is 0.467. The average molecular weight is 311 g/mol. The van der Waals surface area contributed by atoms with Crippen molar-refractivity contribution in [2.24, 2.45) is 0 Å². The first kappa shape index (κ1) is 17.7. The number of ether oxygens (including phenoxy) is 1. The number of methoxy groups -OCH3 is 1. The van der Waals surface area contributed by atoms with Crippen LogP contribution in [0.4, 0.5) is 0 Å². The van der Waals surface area contributed by atoms with Gasteiger partial charge in [-0.2, -0.15) is 0 Å². The number of aliphatic hydroxyl groups excluding tert-OH is 1. The van der Waals surface area contributed by atoms with Gasteiger partial charge in [-0.05, 0) is 37.5 Å². The lowest BCUT2D eigenvalue weighted by molar-refractivity contribution is 0.192. The fourth-order valence-electron chi connectivity index (χ4n) is 1.72. The van der Waals surface area contributed by atoms with Crippen LogP contribution in [0.2, 0.25) is 0 Å². The molecule has 0 aliphatic heterocycles. The largest absolute Gasteiger partial charge is 0.385 e. The van der Waals surface area contributed by atoms with Crippen LogP contribution in [-0.2, 0) is 14.8 Å². The summed E-state index contributed by atoms with van der Waals surface area (Å²) in [6.45, 7) is 0.841. The van der Waals surface area contributed by atoms with E-state index in [0.29, 0.717) is 18.7 Å². The molecule has 0 unspecified atom stereocenters. The molecule has 0 aromatic heterocycles. The third-order valence-corrected chi connectivity index (χ3v) is 4.23. The lowest BCUT2D eigenvalue weighted by Crippen LogP contribution is -2.24. The van der Waals surface area contributed by atoms with E-state index in [0.717, 1.165) is 19.3 Å². The second-order valence-electron chi connectivity index (χ2n) is 4.44. The summed E-state index contributed by atoms with van der Waals surface area (Å²) >= 11 is 0. The fourth-order valence-corrected chi connectivity index (χ4v) is 2.84. The van der Waals surface area contributed by atoms with Crippen molar-refractivity contribution in [2.75, 3.05) is 26.9 Å². The van der Waals surface area contributed by atoms with E-state index in [4.69, 9.17) is 9.84 Å². The van der Waals surface area contributed by atoms with E-state index in [1.807, 2.05) is 0 Å². The predicted molar refractivity (Wildman–Crippen MR) is 81.3 cm³/mol. The molecular formula is C15H21NO4S. The van der Waals surface area contributed by atoms with E-state index in [9.17, 15) is 8.42 Å². The van der Waals surface area contributed by atoms with E-state index in [1.54, 1.807) is 19.2 Å². The quantitative estimate of drug-likeness (QED) is 0.557. The van der Waals surface area contributed by atoms with Gasteiger partial charge < -0.3 is 9.84 Å². The Morgan fingerprint density at radius 3 is 2.81 bits per heavy atom. The average Bonchev–Trinajstić information content (AvgIpc) is 2.49. The summed E-state index contributed by atoms with van der Waals surface area (Å²) in [6.07, 6.45) is 2.61. The van der Waals surface area contributed by atoms with Gasteiger partial charge in [-0.1, -0.05) is 17.9 Å². The highest BCUT2D eigenvalue weighted by atomic mass is 32.2. The Morgan fingerprint density at radius 2 is 2.10 bits per heavy atom. The molecule has 1 aromatic rings. The van der Waals surface area contributed by atoms with Gasteiger partial charge in [0.05, 0.1) is 4.90 Å². The molecule has 0 spiro atoms. The van der Waals surface area contributed by atoms with Crippen LogP contribution >= 0.6 is 0 Å². The Morgan fingerprint density at radius 1 is 1.29 bits per heavy atom. The van der Waals surface area contributed by atoms with Crippen LogP contribution in [0.3, 0.4) is 0 Å². The Labute approximate surface area is 126 Å². The Bertz CT molecular complexity index is 587. The van der Waals surface area contributed by atoms with Gasteiger partial charge in [0, 0.05) is 25.8 Å². The number of hydrogen-bond donors (Lipinski definition) is 2. The molecule has 116 valence electrons. The van der Waals surface area contributed by atoms with E-state index < -0.39 is 10.0 Å². The number of aliphatic hydroxyl groups is 1. The summed E-state index contributed by atoms with van der Waals surface area (Å²) in [5, 5.41) is 8.65. The van der Waals surface area contributed by atoms with Crippen LogP contribution in [0, 0.1) is 11.8 Å². The van der Waals surface area contributed by atoms with Crippen molar-refractivity contribution in [1.29, 1.82) is 0 Å². The van der Waals surface area contributed by atoms with E-state index in [1.165, 1.54) is 12.1 Å². The maximum Gasteiger partial charge on any atom is 0.240 e. The first-order valence-corrected chi connectivity index (χ1v) is 8.27. The molecule has 0 bridgehead atoms. The maximum atomic E-state index is 12.1. The predicted octanol–water partition coefficient (Wildman–Crippen LogP) is 1.13. The lowest BCUT2D eigenvalue weighted by Gasteiger charge is -2.07. The van der Waals surface area contributed by atoms with Crippen LogP contribution in [0.25, 0.3) is 0 Å². The highest BCUT2D eigenvalue weighted by Gasteiger charge is 2.13. The second kappa shape index (κ2) is 9.53. The van der Waals surface area contributed by atoms with E-state index >= 15 is 0 Å². The number of rotatable bonds is 8. The molecule has 1 aromatic carbocycles. The molecule has 5 nitrogen and oxygen atoms in total. The number of hydrogen-bond acceptors (Lipinski definition) is 4. The maximum absolute atomic E-state index is 12.1. The first-order valence-electron chi connectivity index (χ1n) is 6.78. The zero-order chi connectivity index (χ0) is 15.6. The molecule has 2 N–H and O–H groups in total. The minimum atomic E-state index is -3.51. The molecule has 0 atom stereocenters. The zero-order valence-electron chi connectivity index (χ0n) is 12.1. The van der Waals surface area contributed by atoms with Crippen molar-refractivity contribution in [3.63, 3.8) is 0 Å². The second-order valence-corrected chi connectivity index (χ2v) is 6.21. The van der Waals surface area contributed by atoms with Gasteiger partial charge in [0.15, 0.2) is 0 Å². The molecule has 0 aliphatic carbocycles. The summed E-state index contributed by atoms with van der Waals surface area (Å²) in [5.41, 5.74) is 0.562. The Kier molecular flexibility index (Phi) is 8.01. The van der Waals surface area contributed by atoms with E-state index in [-0.39, 0.29) is 11.5 Å². The third kappa shape index (κ3) is 6.74. The van der Waals surface area contributed by atoms with Crippen LogP contribution in [-0.4, -0.2) is 40.4 Å². The van der Waals surface area contributed by atoms with Crippen molar-refractivity contribution in [2.45, 2.75) is 24.2 Å². The van der Waals surface area contributed by atoms with Crippen molar-refractivity contribution in [1.82, 2.24) is 4.72 Å². The number of sulfonamides is 1. The highest BCUT2D eigenvalue weighted by Crippen LogP contribution is 2.11. The van der Waals surface area contributed by atoms with Gasteiger partial charge in [-0.3, -0.25) is 0 Å². The molecule has 0 amide bonds. The van der Waals surface area contributed by atoms with Gasteiger partial charge in [-0.25, -0.2) is 13.1 Å². The molecule has 0 radical (unpaired) electrons. The normalized spacial score (nSPS) is 11.0. The molecule has 0 saturated heterocycles. The van der Waals surface area contributed by atoms with Crippen molar-refractivity contribution in [3.8, 4) is 11.8 Å².